The average Bonchev–Trinajstić information content (AvgIpc) is 2.76. The van der Waals surface area contributed by atoms with Crippen LogP contribution in [-0.4, -0.2) is 24.7 Å². The number of aromatic nitrogens is 5. The Balaban J connectivity index is 2.15. The highest BCUT2D eigenvalue weighted by molar-refractivity contribution is 5.05. The van der Waals surface area contributed by atoms with Crippen molar-refractivity contribution in [1.29, 1.82) is 5.26 Å². The van der Waals surface area contributed by atoms with Gasteiger partial charge in [-0.1, -0.05) is 0 Å². The quantitative estimate of drug-likeness (QED) is 0.690. The summed E-state index contributed by atoms with van der Waals surface area (Å²) in [4.78, 5) is 10.7. The van der Waals surface area contributed by atoms with E-state index >= 15 is 0 Å². The number of rotatable bonds is 2. The lowest BCUT2D eigenvalue weighted by atomic mass is 10.6. The molecular weight excluding hydrogens is 168 g/mol. The molecule has 0 saturated carbocycles. The van der Waals surface area contributed by atoms with Gasteiger partial charge in [0.15, 0.2) is 0 Å². The van der Waals surface area contributed by atoms with Crippen molar-refractivity contribution in [3.05, 3.63) is 30.4 Å². The molecule has 2 aromatic heterocycles. The zero-order valence-corrected chi connectivity index (χ0v) is 6.68. The lowest BCUT2D eigenvalue weighted by Gasteiger charge is -1.93. The summed E-state index contributed by atoms with van der Waals surface area (Å²) in [6.45, 7) is 0.502. The van der Waals surface area contributed by atoms with Crippen molar-refractivity contribution in [2.24, 2.45) is 0 Å². The number of nitrogens with zero attached hydrogens (tertiary/aromatic N) is 5. The van der Waals surface area contributed by atoms with Gasteiger partial charge >= 0.3 is 0 Å². The first-order valence-corrected chi connectivity index (χ1v) is 3.66. The highest BCUT2D eigenvalue weighted by atomic mass is 15.3. The maximum absolute atomic E-state index is 8.47. The molecule has 2 aromatic rings. The molecule has 13 heavy (non-hydrogen) atoms. The minimum Gasteiger partial charge on any atom is -0.347 e. The summed E-state index contributed by atoms with van der Waals surface area (Å²) in [7, 11) is 0. The molecule has 0 aliphatic rings. The molecule has 6 nitrogen and oxygen atoms in total. The Morgan fingerprint density at radius 3 is 3.08 bits per heavy atom. The smallest absolute Gasteiger partial charge is 0.252 e. The van der Waals surface area contributed by atoms with Crippen molar-refractivity contribution >= 4 is 0 Å². The van der Waals surface area contributed by atoms with Gasteiger partial charge in [-0.2, -0.15) is 5.26 Å². The van der Waals surface area contributed by atoms with Gasteiger partial charge in [0.25, 0.3) is 5.82 Å². The molecule has 0 saturated heterocycles. The van der Waals surface area contributed by atoms with Crippen molar-refractivity contribution in [3.8, 4) is 6.07 Å². The molecule has 0 atom stereocenters. The normalized spacial score (nSPS) is 9.77. The third-order valence-electron chi connectivity index (χ3n) is 1.50. The summed E-state index contributed by atoms with van der Waals surface area (Å²) < 4.78 is 1.55. The van der Waals surface area contributed by atoms with Crippen LogP contribution in [0.15, 0.2) is 18.7 Å². The summed E-state index contributed by atoms with van der Waals surface area (Å²) >= 11 is 0. The monoisotopic (exact) mass is 174 g/mol. The van der Waals surface area contributed by atoms with Crippen LogP contribution in [0.2, 0.25) is 0 Å². The number of hydrogen-bond acceptors (Lipinski definition) is 4. The summed E-state index contributed by atoms with van der Waals surface area (Å²) in [6, 6.07) is 1.85. The van der Waals surface area contributed by atoms with Crippen LogP contribution in [0.3, 0.4) is 0 Å². The van der Waals surface area contributed by atoms with E-state index in [1.165, 1.54) is 6.33 Å². The SMILES string of the molecule is N#Cc1ncn(Cc2ncc[nH]2)n1. The van der Waals surface area contributed by atoms with E-state index in [4.69, 9.17) is 5.26 Å². The lowest BCUT2D eigenvalue weighted by Crippen LogP contribution is -2.01. The summed E-state index contributed by atoms with van der Waals surface area (Å²) in [5.41, 5.74) is 0. The van der Waals surface area contributed by atoms with E-state index in [-0.39, 0.29) is 5.82 Å². The van der Waals surface area contributed by atoms with Crippen LogP contribution in [0.4, 0.5) is 0 Å². The Hall–Kier alpha value is -2.16. The molecule has 0 aromatic carbocycles. The largest absolute Gasteiger partial charge is 0.347 e. The molecule has 0 bridgehead atoms. The van der Waals surface area contributed by atoms with Crippen LogP contribution in [-0.2, 0) is 6.54 Å². The number of nitriles is 1. The van der Waals surface area contributed by atoms with Gasteiger partial charge in [-0.05, 0) is 0 Å². The van der Waals surface area contributed by atoms with Gasteiger partial charge < -0.3 is 4.98 Å². The van der Waals surface area contributed by atoms with Crippen LogP contribution in [0.5, 0.6) is 0 Å². The second-order valence-electron chi connectivity index (χ2n) is 2.41. The fourth-order valence-electron chi connectivity index (χ4n) is 0.960. The van der Waals surface area contributed by atoms with E-state index in [2.05, 4.69) is 20.1 Å². The molecule has 64 valence electrons. The molecular formula is C7H6N6. The molecule has 0 fully saturated rings. The first-order valence-electron chi connectivity index (χ1n) is 3.66. The fourth-order valence-corrected chi connectivity index (χ4v) is 0.960. The Kier molecular flexibility index (Phi) is 1.77. The number of hydrogen-bond donors (Lipinski definition) is 1. The van der Waals surface area contributed by atoms with E-state index in [1.54, 1.807) is 17.1 Å². The summed E-state index contributed by atoms with van der Waals surface area (Å²) in [5.74, 6) is 0.959. The number of imidazole rings is 1. The molecule has 0 unspecified atom stereocenters. The molecule has 1 N–H and O–H groups in total. The topological polar surface area (TPSA) is 83.2 Å². The number of H-pyrrole nitrogens is 1. The van der Waals surface area contributed by atoms with Crippen molar-refractivity contribution < 1.29 is 0 Å². The second kappa shape index (κ2) is 3.06. The number of aromatic amines is 1. The molecule has 6 heteroatoms. The minimum atomic E-state index is 0.173. The van der Waals surface area contributed by atoms with E-state index in [0.717, 1.165) is 5.82 Å². The first kappa shape index (κ1) is 7.49. The minimum absolute atomic E-state index is 0.173. The zero-order chi connectivity index (χ0) is 9.10. The van der Waals surface area contributed by atoms with Gasteiger partial charge in [-0.15, -0.1) is 5.10 Å². The molecule has 0 radical (unpaired) electrons. The molecule has 2 rings (SSSR count). The Morgan fingerprint density at radius 2 is 2.46 bits per heavy atom. The van der Waals surface area contributed by atoms with Crippen LogP contribution in [0.1, 0.15) is 11.6 Å². The number of nitrogens with one attached hydrogen (secondary N) is 1. The van der Waals surface area contributed by atoms with Crippen LogP contribution in [0.25, 0.3) is 0 Å². The third-order valence-corrected chi connectivity index (χ3v) is 1.50. The second-order valence-corrected chi connectivity index (χ2v) is 2.41. The Bertz CT molecular complexity index is 420. The molecule has 2 heterocycles. The van der Waals surface area contributed by atoms with Gasteiger partial charge in [0.05, 0.1) is 0 Å². The van der Waals surface area contributed by atoms with E-state index in [9.17, 15) is 0 Å². The van der Waals surface area contributed by atoms with Crippen molar-refractivity contribution in [1.82, 2.24) is 24.7 Å². The van der Waals surface area contributed by atoms with Crippen molar-refractivity contribution in [3.63, 3.8) is 0 Å². The fraction of sp³-hybridized carbons (Fsp3) is 0.143. The van der Waals surface area contributed by atoms with Gasteiger partial charge in [0.2, 0.25) is 0 Å². The van der Waals surface area contributed by atoms with Crippen LogP contribution >= 0.6 is 0 Å². The third kappa shape index (κ3) is 1.54. The zero-order valence-electron chi connectivity index (χ0n) is 6.68. The summed E-state index contributed by atoms with van der Waals surface area (Å²) in [5, 5.41) is 12.4. The average molecular weight is 174 g/mol. The van der Waals surface area contributed by atoms with Gasteiger partial charge in [-0.25, -0.2) is 14.6 Å². The van der Waals surface area contributed by atoms with Crippen molar-refractivity contribution in [2.45, 2.75) is 6.54 Å². The van der Waals surface area contributed by atoms with E-state index in [0.29, 0.717) is 6.54 Å². The summed E-state index contributed by atoms with van der Waals surface area (Å²) in [6.07, 6.45) is 4.90. The van der Waals surface area contributed by atoms with Crippen molar-refractivity contribution in [2.75, 3.05) is 0 Å². The predicted molar refractivity (Wildman–Crippen MR) is 42.4 cm³/mol. The maximum atomic E-state index is 8.47. The van der Waals surface area contributed by atoms with Gasteiger partial charge in [-0.3, -0.25) is 0 Å². The molecule has 0 aliphatic heterocycles. The lowest BCUT2D eigenvalue weighted by molar-refractivity contribution is 0.657. The highest BCUT2D eigenvalue weighted by Gasteiger charge is 2.00. The van der Waals surface area contributed by atoms with Crippen LogP contribution in [0, 0.1) is 11.3 Å². The maximum Gasteiger partial charge on any atom is 0.252 e. The van der Waals surface area contributed by atoms with Gasteiger partial charge in [0, 0.05) is 12.4 Å². The Morgan fingerprint density at radius 1 is 1.54 bits per heavy atom. The molecule has 0 aliphatic carbocycles. The first-order chi connectivity index (χ1) is 6.38. The Labute approximate surface area is 73.9 Å². The molecule has 0 amide bonds. The molecule has 0 spiro atoms. The highest BCUT2D eigenvalue weighted by Crippen LogP contribution is 1.93. The van der Waals surface area contributed by atoms with Gasteiger partial charge in [0.1, 0.15) is 24.8 Å². The van der Waals surface area contributed by atoms with E-state index < -0.39 is 0 Å². The van der Waals surface area contributed by atoms with Crippen LogP contribution < -0.4 is 0 Å². The predicted octanol–water partition coefficient (Wildman–Crippen LogP) is -0.0788. The standard InChI is InChI=1S/C7H6N6/c8-3-6-11-5-13(12-6)4-7-9-1-2-10-7/h1-2,5H,4H2,(H,9,10). The van der Waals surface area contributed by atoms with E-state index in [1.807, 2.05) is 6.07 Å².